The molecule has 1 heterocycles. The minimum Gasteiger partial charge on any atom is -0.491 e. The zero-order valence-corrected chi connectivity index (χ0v) is 24.0. The van der Waals surface area contributed by atoms with Crippen LogP contribution in [-0.4, -0.2) is 45.6 Å². The topological polar surface area (TPSA) is 88.7 Å². The normalized spacial score (nSPS) is 30.3. The molecule has 2 aromatic rings. The van der Waals surface area contributed by atoms with Crippen molar-refractivity contribution in [2.45, 2.75) is 115 Å². The molecular formula is C30H40F3N3O4. The minimum atomic E-state index is -4.75. The van der Waals surface area contributed by atoms with Crippen LogP contribution in [0.4, 0.5) is 18.9 Å². The fourth-order valence-corrected chi connectivity index (χ4v) is 6.58. The van der Waals surface area contributed by atoms with Crippen molar-refractivity contribution in [3.8, 4) is 5.75 Å². The number of alkyl halides is 3. The van der Waals surface area contributed by atoms with E-state index >= 15 is 0 Å². The van der Waals surface area contributed by atoms with Crippen molar-refractivity contribution in [1.29, 1.82) is 0 Å². The van der Waals surface area contributed by atoms with E-state index in [-0.39, 0.29) is 28.3 Å². The molecule has 4 fully saturated rings. The Morgan fingerprint density at radius 3 is 2.27 bits per heavy atom. The van der Waals surface area contributed by atoms with E-state index in [9.17, 15) is 23.1 Å². The van der Waals surface area contributed by atoms with Crippen molar-refractivity contribution >= 4 is 11.6 Å². The van der Waals surface area contributed by atoms with Crippen molar-refractivity contribution in [3.63, 3.8) is 0 Å². The van der Waals surface area contributed by atoms with Gasteiger partial charge in [0.2, 0.25) is 11.8 Å². The van der Waals surface area contributed by atoms with Gasteiger partial charge in [0.05, 0.1) is 6.10 Å². The molecule has 1 aromatic carbocycles. The van der Waals surface area contributed by atoms with Gasteiger partial charge in [0.25, 0.3) is 0 Å². The zero-order valence-electron chi connectivity index (χ0n) is 24.0. The molecule has 10 heteroatoms. The van der Waals surface area contributed by atoms with Crippen molar-refractivity contribution in [2.75, 3.05) is 11.4 Å². The quantitative estimate of drug-likeness (QED) is 0.415. The van der Waals surface area contributed by atoms with E-state index in [2.05, 4.69) is 25.9 Å². The summed E-state index contributed by atoms with van der Waals surface area (Å²) in [5.41, 5.74) is -2.74. The highest BCUT2D eigenvalue weighted by molar-refractivity contribution is 5.96. The third-order valence-electron chi connectivity index (χ3n) is 9.26. The van der Waals surface area contributed by atoms with Crippen LogP contribution >= 0.6 is 0 Å². The lowest BCUT2D eigenvalue weighted by Crippen LogP contribution is -2.60. The average molecular weight is 564 g/mol. The number of hydrogen-bond donors (Lipinski definition) is 1. The number of anilines is 1. The number of amides is 1. The van der Waals surface area contributed by atoms with E-state index in [0.717, 1.165) is 38.5 Å². The lowest BCUT2D eigenvalue weighted by Gasteiger charge is -2.53. The van der Waals surface area contributed by atoms with Crippen LogP contribution in [0.2, 0.25) is 0 Å². The molecule has 0 saturated heterocycles. The number of aromatic nitrogens is 2. The Balaban J connectivity index is 1.37. The summed E-state index contributed by atoms with van der Waals surface area (Å²) in [6.07, 6.45) is -0.932. The van der Waals surface area contributed by atoms with Gasteiger partial charge in [-0.1, -0.05) is 32.0 Å². The number of rotatable bonds is 7. The van der Waals surface area contributed by atoms with Gasteiger partial charge in [-0.25, -0.2) is 0 Å². The van der Waals surface area contributed by atoms with Crippen molar-refractivity contribution in [2.24, 2.45) is 11.3 Å². The Morgan fingerprint density at radius 1 is 1.12 bits per heavy atom. The molecule has 4 saturated carbocycles. The summed E-state index contributed by atoms with van der Waals surface area (Å²) in [6.45, 7) is 10.4. The number of carbonyl (C=O) groups is 1. The van der Waals surface area contributed by atoms with Gasteiger partial charge in [-0.2, -0.15) is 18.2 Å². The van der Waals surface area contributed by atoms with Crippen LogP contribution in [0.3, 0.4) is 0 Å². The Bertz CT molecular complexity index is 1220. The molecule has 1 amide bonds. The standard InChI is InChI=1S/C30H40F3N3O4/c1-19(2)39-22-8-6-7-21(15-22)36(23(37)20-16-29(38,17-20)30(31,32)33)18-27-9-12-28(13-10-27,14-11-27)25-34-24(35-40-25)26(3,4)5/h6-8,15,19-20,38H,9-14,16-18H2,1-5H3. The van der Waals surface area contributed by atoms with Crippen molar-refractivity contribution in [1.82, 2.24) is 10.1 Å². The van der Waals surface area contributed by atoms with Crippen LogP contribution in [0.1, 0.15) is 97.7 Å². The number of halogens is 3. The van der Waals surface area contributed by atoms with Crippen LogP contribution in [0.15, 0.2) is 28.8 Å². The first kappa shape index (κ1) is 28.9. The molecule has 2 bridgehead atoms. The second kappa shape index (κ2) is 9.74. The largest absolute Gasteiger partial charge is 0.491 e. The molecule has 0 aliphatic heterocycles. The molecule has 6 rings (SSSR count). The lowest BCUT2D eigenvalue weighted by atomic mass is 9.53. The Morgan fingerprint density at radius 2 is 1.75 bits per heavy atom. The number of carbonyl (C=O) groups excluding carboxylic acids is 1. The first-order valence-electron chi connectivity index (χ1n) is 14.3. The molecule has 4 aliphatic carbocycles. The highest BCUT2D eigenvalue weighted by Gasteiger charge is 2.63. The predicted octanol–water partition coefficient (Wildman–Crippen LogP) is 6.48. The number of ether oxygens (including phenoxy) is 1. The molecule has 0 unspecified atom stereocenters. The SMILES string of the molecule is CC(C)Oc1cccc(N(CC23CCC(c4nc(C(C)(C)C)no4)(CC2)CC3)C(=O)C2CC(O)(C(F)(F)F)C2)c1. The molecule has 7 nitrogen and oxygen atoms in total. The van der Waals surface area contributed by atoms with E-state index in [0.29, 0.717) is 29.7 Å². The maximum atomic E-state index is 13.8. The second-order valence-corrected chi connectivity index (χ2v) is 13.7. The highest BCUT2D eigenvalue weighted by atomic mass is 19.4. The summed E-state index contributed by atoms with van der Waals surface area (Å²) in [7, 11) is 0. The Hall–Kier alpha value is -2.62. The first-order chi connectivity index (χ1) is 18.5. The third-order valence-corrected chi connectivity index (χ3v) is 9.26. The lowest BCUT2D eigenvalue weighted by molar-refractivity contribution is -0.295. The minimum absolute atomic E-state index is 0.0697. The molecule has 40 heavy (non-hydrogen) atoms. The molecule has 4 aliphatic rings. The second-order valence-electron chi connectivity index (χ2n) is 13.7. The highest BCUT2D eigenvalue weighted by Crippen LogP contribution is 2.58. The van der Waals surface area contributed by atoms with Crippen LogP contribution in [0.5, 0.6) is 5.75 Å². The third kappa shape index (κ3) is 5.23. The van der Waals surface area contributed by atoms with Crippen LogP contribution < -0.4 is 9.64 Å². The summed E-state index contributed by atoms with van der Waals surface area (Å²) in [5.74, 6) is 0.717. The van der Waals surface area contributed by atoms with E-state index in [1.165, 1.54) is 0 Å². The molecular weight excluding hydrogens is 523 g/mol. The fraction of sp³-hybridized carbons (Fsp3) is 0.700. The number of benzene rings is 1. The molecule has 1 aromatic heterocycles. The summed E-state index contributed by atoms with van der Waals surface area (Å²) in [6, 6.07) is 7.19. The first-order valence-corrected chi connectivity index (χ1v) is 14.3. The van der Waals surface area contributed by atoms with Crippen LogP contribution in [0, 0.1) is 11.3 Å². The Kier molecular flexibility index (Phi) is 7.03. The molecule has 220 valence electrons. The van der Waals surface area contributed by atoms with Gasteiger partial charge in [0.1, 0.15) is 5.75 Å². The number of nitrogens with zero attached hydrogens (tertiary/aromatic N) is 3. The van der Waals surface area contributed by atoms with Gasteiger partial charge in [-0.15, -0.1) is 0 Å². The van der Waals surface area contributed by atoms with Gasteiger partial charge < -0.3 is 19.3 Å². The number of hydrogen-bond acceptors (Lipinski definition) is 6. The van der Waals surface area contributed by atoms with Gasteiger partial charge in [-0.3, -0.25) is 4.79 Å². The van der Waals surface area contributed by atoms with Gasteiger partial charge in [0.15, 0.2) is 11.4 Å². The van der Waals surface area contributed by atoms with Gasteiger partial charge in [0, 0.05) is 35.0 Å². The fourth-order valence-electron chi connectivity index (χ4n) is 6.58. The van der Waals surface area contributed by atoms with E-state index < -0.39 is 30.5 Å². The molecule has 0 spiro atoms. The van der Waals surface area contributed by atoms with Gasteiger partial charge in [-0.05, 0) is 82.8 Å². The molecule has 0 atom stereocenters. The molecule has 1 N–H and O–H groups in total. The maximum Gasteiger partial charge on any atom is 0.417 e. The summed E-state index contributed by atoms with van der Waals surface area (Å²) in [4.78, 5) is 20.2. The summed E-state index contributed by atoms with van der Waals surface area (Å²) in [5, 5.41) is 14.3. The maximum absolute atomic E-state index is 13.8. The number of fused-ring (bicyclic) bond motifs is 3. The summed E-state index contributed by atoms with van der Waals surface area (Å²) >= 11 is 0. The number of aliphatic hydroxyl groups is 1. The van der Waals surface area contributed by atoms with Crippen LogP contribution in [-0.2, 0) is 15.6 Å². The van der Waals surface area contributed by atoms with Crippen molar-refractivity contribution in [3.05, 3.63) is 36.0 Å². The van der Waals surface area contributed by atoms with E-state index in [1.54, 1.807) is 23.1 Å². The van der Waals surface area contributed by atoms with E-state index in [1.807, 2.05) is 19.9 Å². The van der Waals surface area contributed by atoms with Crippen LogP contribution in [0.25, 0.3) is 0 Å². The van der Waals surface area contributed by atoms with Crippen molar-refractivity contribution < 1.29 is 32.3 Å². The zero-order chi connectivity index (χ0) is 29.1. The average Bonchev–Trinajstić information content (AvgIpc) is 3.37. The smallest absolute Gasteiger partial charge is 0.417 e. The summed E-state index contributed by atoms with van der Waals surface area (Å²) < 4.78 is 51.7. The predicted molar refractivity (Wildman–Crippen MR) is 143 cm³/mol. The Labute approximate surface area is 233 Å². The molecule has 0 radical (unpaired) electrons. The van der Waals surface area contributed by atoms with E-state index in [4.69, 9.17) is 14.2 Å². The monoisotopic (exact) mass is 563 g/mol. The van der Waals surface area contributed by atoms with Gasteiger partial charge >= 0.3 is 6.18 Å².